The Balaban J connectivity index is 1.89. The van der Waals surface area contributed by atoms with E-state index in [1.54, 1.807) is 31.4 Å². The lowest BCUT2D eigenvalue weighted by Gasteiger charge is -2.16. The summed E-state index contributed by atoms with van der Waals surface area (Å²) in [6, 6.07) is 7.04. The SMILES string of the molecule is COc1cccc(C(=O)NCC2CCCCC(=O)N2)c1. The van der Waals surface area contributed by atoms with Crippen LogP contribution in [0.15, 0.2) is 24.3 Å². The Hall–Kier alpha value is -2.04. The summed E-state index contributed by atoms with van der Waals surface area (Å²) in [6.07, 6.45) is 3.43. The number of amides is 2. The molecule has 1 atom stereocenters. The van der Waals surface area contributed by atoms with Gasteiger partial charge in [0.2, 0.25) is 5.91 Å². The molecule has 0 bridgehead atoms. The summed E-state index contributed by atoms with van der Waals surface area (Å²) >= 11 is 0. The molecular weight excluding hydrogens is 256 g/mol. The molecule has 20 heavy (non-hydrogen) atoms. The lowest BCUT2D eigenvalue weighted by Crippen LogP contribution is -2.42. The van der Waals surface area contributed by atoms with Crippen LogP contribution >= 0.6 is 0 Å². The number of hydrogen-bond acceptors (Lipinski definition) is 3. The van der Waals surface area contributed by atoms with Gasteiger partial charge in [-0.05, 0) is 31.0 Å². The van der Waals surface area contributed by atoms with Gasteiger partial charge in [-0.15, -0.1) is 0 Å². The second kappa shape index (κ2) is 6.93. The topological polar surface area (TPSA) is 67.4 Å². The maximum atomic E-state index is 12.0. The molecule has 1 aliphatic heterocycles. The molecule has 0 spiro atoms. The van der Waals surface area contributed by atoms with Crippen molar-refractivity contribution in [2.24, 2.45) is 0 Å². The molecular formula is C15H20N2O3. The van der Waals surface area contributed by atoms with Gasteiger partial charge in [0.1, 0.15) is 5.75 Å². The van der Waals surface area contributed by atoms with Gasteiger partial charge in [0.15, 0.2) is 0 Å². The van der Waals surface area contributed by atoms with Crippen LogP contribution in [0, 0.1) is 0 Å². The molecule has 2 rings (SSSR count). The lowest BCUT2D eigenvalue weighted by atomic mass is 10.1. The third kappa shape index (κ3) is 3.98. The van der Waals surface area contributed by atoms with E-state index in [9.17, 15) is 9.59 Å². The molecule has 2 amide bonds. The van der Waals surface area contributed by atoms with Crippen molar-refractivity contribution in [3.8, 4) is 5.75 Å². The number of hydrogen-bond donors (Lipinski definition) is 2. The second-order valence-electron chi connectivity index (χ2n) is 4.95. The molecule has 1 fully saturated rings. The minimum atomic E-state index is -0.151. The first kappa shape index (κ1) is 14.4. The Bertz CT molecular complexity index is 488. The van der Waals surface area contributed by atoms with E-state index in [0.29, 0.717) is 24.3 Å². The molecule has 1 aromatic carbocycles. The summed E-state index contributed by atoms with van der Waals surface area (Å²) in [5.74, 6) is 0.575. The minimum Gasteiger partial charge on any atom is -0.497 e. The van der Waals surface area contributed by atoms with E-state index in [1.165, 1.54) is 0 Å². The number of ether oxygens (including phenoxy) is 1. The third-order valence-electron chi connectivity index (χ3n) is 3.41. The Morgan fingerprint density at radius 1 is 1.45 bits per heavy atom. The summed E-state index contributed by atoms with van der Waals surface area (Å²) < 4.78 is 5.09. The van der Waals surface area contributed by atoms with E-state index in [1.807, 2.05) is 0 Å². The second-order valence-corrected chi connectivity index (χ2v) is 4.95. The number of methoxy groups -OCH3 is 1. The fraction of sp³-hybridized carbons (Fsp3) is 0.467. The van der Waals surface area contributed by atoms with Gasteiger partial charge in [0.05, 0.1) is 7.11 Å². The van der Waals surface area contributed by atoms with Gasteiger partial charge in [-0.25, -0.2) is 0 Å². The van der Waals surface area contributed by atoms with Crippen molar-refractivity contribution in [2.75, 3.05) is 13.7 Å². The molecule has 5 nitrogen and oxygen atoms in total. The van der Waals surface area contributed by atoms with Crippen molar-refractivity contribution in [1.82, 2.24) is 10.6 Å². The maximum absolute atomic E-state index is 12.0. The number of nitrogens with one attached hydrogen (secondary N) is 2. The summed E-state index contributed by atoms with van der Waals surface area (Å²) in [6.45, 7) is 0.460. The largest absolute Gasteiger partial charge is 0.497 e. The van der Waals surface area contributed by atoms with Gasteiger partial charge in [-0.1, -0.05) is 12.5 Å². The zero-order valence-electron chi connectivity index (χ0n) is 11.6. The Morgan fingerprint density at radius 2 is 2.30 bits per heavy atom. The van der Waals surface area contributed by atoms with Crippen LogP contribution in [0.5, 0.6) is 5.75 Å². The summed E-state index contributed by atoms with van der Waals surface area (Å²) in [5.41, 5.74) is 0.560. The summed E-state index contributed by atoms with van der Waals surface area (Å²) in [7, 11) is 1.57. The standard InChI is InChI=1S/C15H20N2O3/c1-20-13-7-4-5-11(9-13)15(19)16-10-12-6-2-3-8-14(18)17-12/h4-5,7,9,12H,2-3,6,8,10H2,1H3,(H,16,19)(H,17,18). The van der Waals surface area contributed by atoms with Crippen LogP contribution in [-0.2, 0) is 4.79 Å². The average Bonchev–Trinajstić information content (AvgIpc) is 2.69. The highest BCUT2D eigenvalue weighted by molar-refractivity contribution is 5.94. The van der Waals surface area contributed by atoms with E-state index in [-0.39, 0.29) is 17.9 Å². The van der Waals surface area contributed by atoms with Gasteiger partial charge < -0.3 is 15.4 Å². The molecule has 0 aromatic heterocycles. The monoisotopic (exact) mass is 276 g/mol. The van der Waals surface area contributed by atoms with Crippen LogP contribution < -0.4 is 15.4 Å². The highest BCUT2D eigenvalue weighted by Crippen LogP contribution is 2.13. The van der Waals surface area contributed by atoms with Gasteiger partial charge in [0.25, 0.3) is 5.91 Å². The van der Waals surface area contributed by atoms with Crippen LogP contribution in [0.25, 0.3) is 0 Å². The molecule has 1 aromatic rings. The van der Waals surface area contributed by atoms with Crippen molar-refractivity contribution >= 4 is 11.8 Å². The fourth-order valence-corrected chi connectivity index (χ4v) is 2.28. The van der Waals surface area contributed by atoms with Gasteiger partial charge in [0, 0.05) is 24.6 Å². The van der Waals surface area contributed by atoms with Crippen LogP contribution in [0.1, 0.15) is 36.0 Å². The van der Waals surface area contributed by atoms with E-state index in [4.69, 9.17) is 4.74 Å². The summed E-state index contributed by atoms with van der Waals surface area (Å²) in [4.78, 5) is 23.5. The Morgan fingerprint density at radius 3 is 3.10 bits per heavy atom. The predicted octanol–water partition coefficient (Wildman–Crippen LogP) is 1.48. The van der Waals surface area contributed by atoms with Crippen molar-refractivity contribution < 1.29 is 14.3 Å². The smallest absolute Gasteiger partial charge is 0.251 e. The molecule has 5 heteroatoms. The first-order valence-electron chi connectivity index (χ1n) is 6.90. The molecule has 108 valence electrons. The van der Waals surface area contributed by atoms with E-state index < -0.39 is 0 Å². The molecule has 2 N–H and O–H groups in total. The quantitative estimate of drug-likeness (QED) is 0.875. The highest BCUT2D eigenvalue weighted by atomic mass is 16.5. The number of benzene rings is 1. The number of rotatable bonds is 4. The third-order valence-corrected chi connectivity index (χ3v) is 3.41. The van der Waals surface area contributed by atoms with Crippen LogP contribution in [0.3, 0.4) is 0 Å². The van der Waals surface area contributed by atoms with Crippen LogP contribution in [-0.4, -0.2) is 31.5 Å². The van der Waals surface area contributed by atoms with E-state index >= 15 is 0 Å². The predicted molar refractivity (Wildman–Crippen MR) is 75.7 cm³/mol. The maximum Gasteiger partial charge on any atom is 0.251 e. The fourth-order valence-electron chi connectivity index (χ4n) is 2.28. The zero-order chi connectivity index (χ0) is 14.4. The minimum absolute atomic E-state index is 0.0274. The van der Waals surface area contributed by atoms with Crippen LogP contribution in [0.2, 0.25) is 0 Å². The number of carbonyl (C=O) groups excluding carboxylic acids is 2. The summed E-state index contributed by atoms with van der Waals surface area (Å²) in [5, 5.41) is 5.79. The average molecular weight is 276 g/mol. The zero-order valence-corrected chi connectivity index (χ0v) is 11.6. The molecule has 1 heterocycles. The number of carbonyl (C=O) groups is 2. The van der Waals surface area contributed by atoms with Gasteiger partial charge in [-0.3, -0.25) is 9.59 Å². The van der Waals surface area contributed by atoms with Crippen molar-refractivity contribution in [1.29, 1.82) is 0 Å². The first-order chi connectivity index (χ1) is 9.69. The Kier molecular flexibility index (Phi) is 4.98. The molecule has 1 saturated heterocycles. The van der Waals surface area contributed by atoms with Crippen molar-refractivity contribution in [3.63, 3.8) is 0 Å². The van der Waals surface area contributed by atoms with Crippen LogP contribution in [0.4, 0.5) is 0 Å². The molecule has 0 aliphatic carbocycles. The normalized spacial score (nSPS) is 18.9. The molecule has 1 unspecified atom stereocenters. The first-order valence-corrected chi connectivity index (χ1v) is 6.90. The highest BCUT2D eigenvalue weighted by Gasteiger charge is 2.17. The molecule has 0 saturated carbocycles. The molecule has 0 radical (unpaired) electrons. The molecule has 1 aliphatic rings. The lowest BCUT2D eigenvalue weighted by molar-refractivity contribution is -0.121. The van der Waals surface area contributed by atoms with E-state index in [2.05, 4.69) is 10.6 Å². The van der Waals surface area contributed by atoms with Crippen molar-refractivity contribution in [2.45, 2.75) is 31.7 Å². The Labute approximate surface area is 118 Å². The van der Waals surface area contributed by atoms with Gasteiger partial charge in [-0.2, -0.15) is 0 Å². The van der Waals surface area contributed by atoms with E-state index in [0.717, 1.165) is 19.3 Å². The van der Waals surface area contributed by atoms with Gasteiger partial charge >= 0.3 is 0 Å². The van der Waals surface area contributed by atoms with Crippen molar-refractivity contribution in [3.05, 3.63) is 29.8 Å².